The Balaban J connectivity index is 1.25. The van der Waals surface area contributed by atoms with E-state index in [0.717, 1.165) is 43.1 Å². The summed E-state index contributed by atoms with van der Waals surface area (Å²) in [4.78, 5) is 29.3. The molecule has 0 spiro atoms. The standard InChI is InChI=1S/C33H33FN4O5/c1-20-4-6-23(7-5-20)21(2)37-32(39)33(40)38-24-8-9-29(26(34)16-24)43-28-12-15-36-27-18-31(30(41-3)17-25(27)28)42-19-22-10-13-35-14-11-22/h4-7,12,15-18,21-22,35H,10-11,13-14,19H2,1-3H3,(H,37,39)(H,38,40)/t21-/m0/s1. The molecule has 3 N–H and O–H groups in total. The van der Waals surface area contributed by atoms with Gasteiger partial charge in [-0.2, -0.15) is 0 Å². The minimum absolute atomic E-state index is 0.0650. The topological polar surface area (TPSA) is 111 Å². The average Bonchev–Trinajstić information content (AvgIpc) is 3.01. The number of aromatic nitrogens is 1. The second-order valence-corrected chi connectivity index (χ2v) is 10.5. The van der Waals surface area contributed by atoms with Crippen LogP contribution in [0.15, 0.2) is 54.7 Å². The number of ether oxygens (including phenoxy) is 3. The van der Waals surface area contributed by atoms with Crippen molar-refractivity contribution in [2.45, 2.75) is 32.7 Å². The van der Waals surface area contributed by atoms with Gasteiger partial charge in [-0.3, -0.25) is 14.6 Å². The summed E-state index contributed by atoms with van der Waals surface area (Å²) in [7, 11) is 1.55. The fourth-order valence-corrected chi connectivity index (χ4v) is 4.79. The van der Waals surface area contributed by atoms with Gasteiger partial charge in [0.1, 0.15) is 5.75 Å². The van der Waals surface area contributed by atoms with E-state index in [2.05, 4.69) is 33.1 Å². The zero-order chi connectivity index (χ0) is 30.3. The molecular formula is C33H33FN4O5. The number of carbonyl (C=O) groups excluding carboxylic acids is 2. The zero-order valence-corrected chi connectivity index (χ0v) is 24.3. The highest BCUT2D eigenvalue weighted by Crippen LogP contribution is 2.37. The van der Waals surface area contributed by atoms with Crippen LogP contribution in [-0.2, 0) is 9.59 Å². The SMILES string of the molecule is COc1cc2c(Oc3c#cc(NC(=O)C(=O)N[C@@H](C)c4ccc(C)cc4)cc3F)ccnc2cc1OCC1CCNCC1. The number of methoxy groups -OCH3 is 1. The minimum atomic E-state index is -0.956. The highest BCUT2D eigenvalue weighted by molar-refractivity contribution is 6.39. The number of halogens is 1. The van der Waals surface area contributed by atoms with Gasteiger partial charge in [-0.15, -0.1) is 0 Å². The van der Waals surface area contributed by atoms with Crippen molar-refractivity contribution in [2.75, 3.05) is 32.1 Å². The molecule has 10 heteroatoms. The summed E-state index contributed by atoms with van der Waals surface area (Å²) in [6.45, 7) is 6.26. The third-order valence-corrected chi connectivity index (χ3v) is 7.31. The summed E-state index contributed by atoms with van der Waals surface area (Å²) >= 11 is 0. The molecule has 2 heterocycles. The van der Waals surface area contributed by atoms with Gasteiger partial charge in [0.05, 0.1) is 31.0 Å². The molecule has 1 fully saturated rings. The molecule has 0 radical (unpaired) electrons. The fourth-order valence-electron chi connectivity index (χ4n) is 4.79. The van der Waals surface area contributed by atoms with Crippen LogP contribution in [0.4, 0.5) is 10.1 Å². The molecule has 3 aromatic carbocycles. The zero-order valence-electron chi connectivity index (χ0n) is 24.3. The number of piperidine rings is 1. The van der Waals surface area contributed by atoms with Crippen LogP contribution in [-0.4, -0.2) is 43.6 Å². The first-order valence-corrected chi connectivity index (χ1v) is 14.1. The summed E-state index contributed by atoms with van der Waals surface area (Å²) in [5.41, 5.74) is 2.45. The summed E-state index contributed by atoms with van der Waals surface area (Å²) in [6.07, 6.45) is 3.65. The van der Waals surface area contributed by atoms with Crippen molar-refractivity contribution in [3.63, 3.8) is 0 Å². The normalized spacial score (nSPS) is 14.0. The molecule has 1 saturated heterocycles. The van der Waals surface area contributed by atoms with E-state index in [1.165, 1.54) is 0 Å². The van der Waals surface area contributed by atoms with Gasteiger partial charge in [-0.05, 0) is 75.5 Å². The van der Waals surface area contributed by atoms with Crippen molar-refractivity contribution in [1.29, 1.82) is 0 Å². The van der Waals surface area contributed by atoms with Crippen molar-refractivity contribution >= 4 is 28.4 Å². The molecule has 1 aliphatic heterocycles. The Hall–Kier alpha value is -4.88. The van der Waals surface area contributed by atoms with Crippen LogP contribution in [0.3, 0.4) is 0 Å². The monoisotopic (exact) mass is 584 g/mol. The van der Waals surface area contributed by atoms with Gasteiger partial charge in [0.25, 0.3) is 0 Å². The molecule has 222 valence electrons. The predicted molar refractivity (Wildman–Crippen MR) is 160 cm³/mol. The van der Waals surface area contributed by atoms with E-state index in [1.807, 2.05) is 31.2 Å². The van der Waals surface area contributed by atoms with Gasteiger partial charge in [-0.25, -0.2) is 4.39 Å². The molecule has 0 bridgehead atoms. The second-order valence-electron chi connectivity index (χ2n) is 10.5. The first kappa shape index (κ1) is 29.6. The lowest BCUT2D eigenvalue weighted by Gasteiger charge is -2.23. The Kier molecular flexibility index (Phi) is 9.23. The van der Waals surface area contributed by atoms with Gasteiger partial charge < -0.3 is 30.2 Å². The van der Waals surface area contributed by atoms with Crippen LogP contribution in [0.5, 0.6) is 23.0 Å². The third kappa shape index (κ3) is 7.31. The lowest BCUT2D eigenvalue weighted by atomic mass is 9.99. The quantitative estimate of drug-likeness (QED) is 0.230. The molecule has 1 aliphatic rings. The van der Waals surface area contributed by atoms with Crippen molar-refractivity contribution < 1.29 is 28.2 Å². The molecule has 2 amide bonds. The number of nitrogens with one attached hydrogen (secondary N) is 3. The van der Waals surface area contributed by atoms with Crippen molar-refractivity contribution in [3.05, 3.63) is 83.8 Å². The van der Waals surface area contributed by atoms with Gasteiger partial charge in [0.15, 0.2) is 17.3 Å². The van der Waals surface area contributed by atoms with E-state index in [9.17, 15) is 9.59 Å². The van der Waals surface area contributed by atoms with E-state index >= 15 is 4.39 Å². The first-order chi connectivity index (χ1) is 20.8. The molecule has 1 atom stereocenters. The van der Waals surface area contributed by atoms with E-state index in [0.29, 0.717) is 40.7 Å². The van der Waals surface area contributed by atoms with Crippen molar-refractivity contribution in [3.8, 4) is 23.0 Å². The first-order valence-electron chi connectivity index (χ1n) is 14.1. The largest absolute Gasteiger partial charge is 0.493 e. The molecule has 5 rings (SSSR count). The van der Waals surface area contributed by atoms with E-state index in [1.54, 1.807) is 38.4 Å². The molecule has 1 aromatic heterocycles. The fraction of sp³-hybridized carbons (Fsp3) is 0.303. The molecule has 0 saturated carbocycles. The van der Waals surface area contributed by atoms with Crippen LogP contribution in [0, 0.1) is 30.8 Å². The smallest absolute Gasteiger partial charge is 0.314 e. The highest BCUT2D eigenvalue weighted by atomic mass is 19.1. The number of carbonyl (C=O) groups is 2. The number of fused-ring (bicyclic) bond motifs is 1. The summed E-state index contributed by atoms with van der Waals surface area (Å²) < 4.78 is 32.5. The van der Waals surface area contributed by atoms with Crippen molar-refractivity contribution in [2.24, 2.45) is 5.92 Å². The Morgan fingerprint density at radius 1 is 1.05 bits per heavy atom. The number of pyridine rings is 1. The number of amides is 2. The van der Waals surface area contributed by atoms with Crippen LogP contribution < -0.4 is 30.2 Å². The van der Waals surface area contributed by atoms with Crippen molar-refractivity contribution in [1.82, 2.24) is 15.6 Å². The molecule has 0 unspecified atom stereocenters. The number of aryl methyl sites for hydroxylation is 1. The number of hydrogen-bond acceptors (Lipinski definition) is 7. The molecule has 43 heavy (non-hydrogen) atoms. The maximum Gasteiger partial charge on any atom is 0.314 e. The molecule has 4 aromatic rings. The summed E-state index contributed by atoms with van der Waals surface area (Å²) in [5, 5.41) is 8.91. The maximum absolute atomic E-state index is 15.0. The molecular weight excluding hydrogens is 551 g/mol. The third-order valence-electron chi connectivity index (χ3n) is 7.31. The van der Waals surface area contributed by atoms with Crippen LogP contribution in [0.25, 0.3) is 10.9 Å². The van der Waals surface area contributed by atoms with Crippen LogP contribution >= 0.6 is 0 Å². The highest BCUT2D eigenvalue weighted by Gasteiger charge is 2.20. The van der Waals surface area contributed by atoms with E-state index in [4.69, 9.17) is 14.2 Å². The second kappa shape index (κ2) is 13.4. The Labute approximate surface area is 249 Å². The average molecular weight is 585 g/mol. The summed E-state index contributed by atoms with van der Waals surface area (Å²) in [5.74, 6) is -1.01. The lowest BCUT2D eigenvalue weighted by molar-refractivity contribution is -0.136. The Bertz CT molecular complexity index is 1610. The van der Waals surface area contributed by atoms with Crippen LogP contribution in [0.1, 0.15) is 36.9 Å². The number of rotatable bonds is 9. The van der Waals surface area contributed by atoms with Gasteiger partial charge in [0.2, 0.25) is 5.75 Å². The number of benzene rings is 2. The Morgan fingerprint density at radius 3 is 2.53 bits per heavy atom. The Morgan fingerprint density at radius 2 is 1.81 bits per heavy atom. The van der Waals surface area contributed by atoms with Gasteiger partial charge in [-0.1, -0.05) is 29.8 Å². The number of anilines is 1. The number of hydrogen-bond donors (Lipinski definition) is 3. The molecule has 0 aliphatic carbocycles. The molecule has 9 nitrogen and oxygen atoms in total. The van der Waals surface area contributed by atoms with Gasteiger partial charge in [0, 0.05) is 23.7 Å². The predicted octanol–water partition coefficient (Wildman–Crippen LogP) is 5.28. The minimum Gasteiger partial charge on any atom is -0.493 e. The summed E-state index contributed by atoms with van der Waals surface area (Å²) in [6, 6.07) is 18.5. The number of nitrogens with zero attached hydrogens (tertiary/aromatic N) is 1. The van der Waals surface area contributed by atoms with Crippen LogP contribution in [0.2, 0.25) is 0 Å². The van der Waals surface area contributed by atoms with E-state index < -0.39 is 23.7 Å². The van der Waals surface area contributed by atoms with E-state index in [-0.39, 0.29) is 11.4 Å². The maximum atomic E-state index is 15.0. The van der Waals surface area contributed by atoms with Gasteiger partial charge >= 0.3 is 11.8 Å². The lowest BCUT2D eigenvalue weighted by Crippen LogP contribution is -2.36.